The predicted octanol–water partition coefficient (Wildman–Crippen LogP) is 2.76. The molecule has 0 heterocycles. The molecule has 0 aliphatic heterocycles. The van der Waals surface area contributed by atoms with Gasteiger partial charge in [-0.25, -0.2) is 0 Å². The van der Waals surface area contributed by atoms with Crippen LogP contribution >= 0.6 is 0 Å². The lowest BCUT2D eigenvalue weighted by molar-refractivity contribution is 0.212. The second kappa shape index (κ2) is 5.96. The summed E-state index contributed by atoms with van der Waals surface area (Å²) in [6, 6.07) is 0. The first kappa shape index (κ1) is 10.2. The minimum absolute atomic E-state index is 0.985. The van der Waals surface area contributed by atoms with Crippen molar-refractivity contribution in [3.05, 3.63) is 11.6 Å². The Balaban J connectivity index is 3.54. The maximum Gasteiger partial charge on any atom is 0.106 e. The number of oxime groups is 1. The molecule has 0 amide bonds. The quantitative estimate of drug-likeness (QED) is 0.347. The Morgan fingerprint density at radius 2 is 2.00 bits per heavy atom. The molecule has 0 N–H and O–H groups in total. The molecule has 0 saturated carbocycles. The van der Waals surface area contributed by atoms with Crippen LogP contribution < -0.4 is 0 Å². The zero-order valence-electron chi connectivity index (χ0n) is 7.85. The van der Waals surface area contributed by atoms with Crippen LogP contribution in [0.2, 0.25) is 0 Å². The van der Waals surface area contributed by atoms with Gasteiger partial charge in [-0.1, -0.05) is 16.8 Å². The molecule has 0 unspecified atom stereocenters. The van der Waals surface area contributed by atoms with Gasteiger partial charge in [-0.15, -0.1) is 0 Å². The summed E-state index contributed by atoms with van der Waals surface area (Å²) in [6.45, 7) is 6.17. The Morgan fingerprint density at radius 1 is 1.36 bits per heavy atom. The first-order valence-electron chi connectivity index (χ1n) is 3.86. The van der Waals surface area contributed by atoms with E-state index in [1.54, 1.807) is 7.11 Å². The largest absolute Gasteiger partial charge is 0.399 e. The van der Waals surface area contributed by atoms with E-state index < -0.39 is 0 Å². The summed E-state index contributed by atoms with van der Waals surface area (Å²) in [5.41, 5.74) is 2.40. The fourth-order valence-electron chi connectivity index (χ4n) is 0.771. The lowest BCUT2D eigenvalue weighted by Gasteiger charge is -1.95. The van der Waals surface area contributed by atoms with Crippen LogP contribution in [0.4, 0.5) is 0 Å². The van der Waals surface area contributed by atoms with Gasteiger partial charge in [-0.05, 0) is 33.6 Å². The van der Waals surface area contributed by atoms with Gasteiger partial charge in [-0.2, -0.15) is 0 Å². The van der Waals surface area contributed by atoms with Gasteiger partial charge in [-0.3, -0.25) is 0 Å². The van der Waals surface area contributed by atoms with E-state index in [-0.39, 0.29) is 0 Å². The van der Waals surface area contributed by atoms with Crippen molar-refractivity contribution in [1.82, 2.24) is 0 Å². The minimum atomic E-state index is 0.985. The Labute approximate surface area is 68.9 Å². The lowest BCUT2D eigenvalue weighted by atomic mass is 10.2. The van der Waals surface area contributed by atoms with Gasteiger partial charge in [0.05, 0.1) is 5.71 Å². The summed E-state index contributed by atoms with van der Waals surface area (Å²) in [5, 5.41) is 3.81. The van der Waals surface area contributed by atoms with Gasteiger partial charge >= 0.3 is 0 Å². The van der Waals surface area contributed by atoms with E-state index in [9.17, 15) is 0 Å². The molecule has 0 saturated heterocycles. The van der Waals surface area contributed by atoms with Crippen molar-refractivity contribution in [2.45, 2.75) is 33.6 Å². The molecule has 0 fully saturated rings. The second-order valence-corrected chi connectivity index (χ2v) is 2.83. The number of rotatable bonds is 4. The number of hydrogen-bond donors (Lipinski definition) is 0. The highest BCUT2D eigenvalue weighted by molar-refractivity contribution is 5.81. The number of hydrogen-bond acceptors (Lipinski definition) is 2. The smallest absolute Gasteiger partial charge is 0.106 e. The van der Waals surface area contributed by atoms with E-state index in [0.717, 1.165) is 18.6 Å². The van der Waals surface area contributed by atoms with Crippen molar-refractivity contribution in [3.8, 4) is 0 Å². The van der Waals surface area contributed by atoms with Crippen LogP contribution in [0.5, 0.6) is 0 Å². The van der Waals surface area contributed by atoms with Crippen LogP contribution in [-0.2, 0) is 4.84 Å². The molecule has 2 heteroatoms. The fourth-order valence-corrected chi connectivity index (χ4v) is 0.771. The van der Waals surface area contributed by atoms with E-state index in [4.69, 9.17) is 0 Å². The monoisotopic (exact) mass is 155 g/mol. The van der Waals surface area contributed by atoms with Crippen LogP contribution in [0.3, 0.4) is 0 Å². The zero-order chi connectivity index (χ0) is 8.69. The third-order valence-electron chi connectivity index (χ3n) is 1.31. The van der Waals surface area contributed by atoms with Crippen molar-refractivity contribution in [3.63, 3.8) is 0 Å². The topological polar surface area (TPSA) is 21.6 Å². The van der Waals surface area contributed by atoms with E-state index in [2.05, 4.69) is 29.9 Å². The maximum absolute atomic E-state index is 4.63. The van der Waals surface area contributed by atoms with E-state index in [1.165, 1.54) is 5.57 Å². The molecule has 0 aromatic carbocycles. The average Bonchev–Trinajstić information content (AvgIpc) is 1.87. The van der Waals surface area contributed by atoms with Crippen molar-refractivity contribution < 1.29 is 4.84 Å². The molecule has 0 spiro atoms. The standard InChI is InChI=1S/C9H17NO/c1-8(2)6-5-7-9(3)10-11-4/h6H,5,7H2,1-4H3. The molecule has 0 rings (SSSR count). The summed E-state index contributed by atoms with van der Waals surface area (Å²) in [5.74, 6) is 0. The fraction of sp³-hybridized carbons (Fsp3) is 0.667. The summed E-state index contributed by atoms with van der Waals surface area (Å²) < 4.78 is 0. The van der Waals surface area contributed by atoms with Gasteiger partial charge in [0.2, 0.25) is 0 Å². The number of allylic oxidation sites excluding steroid dienone is 2. The second-order valence-electron chi connectivity index (χ2n) is 2.83. The van der Waals surface area contributed by atoms with Crippen LogP contribution in [0.15, 0.2) is 16.8 Å². The zero-order valence-corrected chi connectivity index (χ0v) is 7.85. The van der Waals surface area contributed by atoms with Crippen molar-refractivity contribution in [1.29, 1.82) is 0 Å². The molecule has 11 heavy (non-hydrogen) atoms. The predicted molar refractivity (Wildman–Crippen MR) is 48.8 cm³/mol. The van der Waals surface area contributed by atoms with Crippen LogP contribution in [0, 0.1) is 0 Å². The Bertz CT molecular complexity index is 155. The molecule has 64 valence electrons. The molecule has 0 bridgehead atoms. The van der Waals surface area contributed by atoms with Gasteiger partial charge in [0.25, 0.3) is 0 Å². The van der Waals surface area contributed by atoms with Crippen LogP contribution in [0.1, 0.15) is 33.6 Å². The van der Waals surface area contributed by atoms with E-state index in [1.807, 2.05) is 6.92 Å². The first-order valence-corrected chi connectivity index (χ1v) is 3.86. The van der Waals surface area contributed by atoms with Crippen molar-refractivity contribution in [2.24, 2.45) is 5.16 Å². The van der Waals surface area contributed by atoms with Gasteiger partial charge in [0.1, 0.15) is 7.11 Å². The summed E-state index contributed by atoms with van der Waals surface area (Å²) in [7, 11) is 1.57. The molecule has 0 atom stereocenters. The first-order chi connectivity index (χ1) is 5.16. The third-order valence-corrected chi connectivity index (χ3v) is 1.31. The lowest BCUT2D eigenvalue weighted by Crippen LogP contribution is -1.90. The molecule has 0 aliphatic rings. The SMILES string of the molecule is CON=C(C)CCC=C(C)C. The highest BCUT2D eigenvalue weighted by Gasteiger charge is 1.89. The van der Waals surface area contributed by atoms with E-state index >= 15 is 0 Å². The van der Waals surface area contributed by atoms with Crippen molar-refractivity contribution in [2.75, 3.05) is 7.11 Å². The summed E-state index contributed by atoms with van der Waals surface area (Å²) >= 11 is 0. The van der Waals surface area contributed by atoms with Crippen LogP contribution in [0.25, 0.3) is 0 Å². The maximum atomic E-state index is 4.63. The molecule has 0 radical (unpaired) electrons. The molecular weight excluding hydrogens is 138 g/mol. The summed E-state index contributed by atoms with van der Waals surface area (Å²) in [6.07, 6.45) is 4.24. The third kappa shape index (κ3) is 7.10. The molecule has 0 aliphatic carbocycles. The highest BCUT2D eigenvalue weighted by atomic mass is 16.6. The molecule has 0 aromatic heterocycles. The van der Waals surface area contributed by atoms with Gasteiger partial charge < -0.3 is 4.84 Å². The minimum Gasteiger partial charge on any atom is -0.399 e. The highest BCUT2D eigenvalue weighted by Crippen LogP contribution is 1.98. The Hall–Kier alpha value is -0.790. The van der Waals surface area contributed by atoms with E-state index in [0.29, 0.717) is 0 Å². The summed E-state index contributed by atoms with van der Waals surface area (Å²) in [4.78, 5) is 4.63. The van der Waals surface area contributed by atoms with Crippen LogP contribution in [-0.4, -0.2) is 12.8 Å². The molecule has 2 nitrogen and oxygen atoms in total. The molecule has 0 aromatic rings. The van der Waals surface area contributed by atoms with Gasteiger partial charge in [0, 0.05) is 0 Å². The Morgan fingerprint density at radius 3 is 2.45 bits per heavy atom. The number of nitrogens with zero attached hydrogens (tertiary/aromatic N) is 1. The average molecular weight is 155 g/mol. The normalized spacial score (nSPS) is 11.1. The Kier molecular flexibility index (Phi) is 5.53. The van der Waals surface area contributed by atoms with Crippen molar-refractivity contribution >= 4 is 5.71 Å². The van der Waals surface area contributed by atoms with Gasteiger partial charge in [0.15, 0.2) is 0 Å². The molecular formula is C9H17NO.